The molecule has 1 aliphatic carbocycles. The minimum Gasteiger partial charge on any atom is -0.370 e. The Bertz CT molecular complexity index is 233. The van der Waals surface area contributed by atoms with E-state index in [1.165, 1.54) is 44.9 Å². The fraction of sp³-hybridized carbons (Fsp3) is 0.917. The zero-order valence-electron chi connectivity index (χ0n) is 9.78. The first-order valence-electron chi connectivity index (χ1n) is 6.41. The van der Waals surface area contributed by atoms with Gasteiger partial charge in [0, 0.05) is 6.04 Å². The van der Waals surface area contributed by atoms with E-state index in [0.29, 0.717) is 6.04 Å². The quantitative estimate of drug-likeness (QED) is 0.681. The van der Waals surface area contributed by atoms with Crippen molar-refractivity contribution in [3.63, 3.8) is 0 Å². The summed E-state index contributed by atoms with van der Waals surface area (Å²) in [5.41, 5.74) is 5.92. The topological polar surface area (TPSA) is 41.6 Å². The molecule has 0 spiro atoms. The van der Waals surface area contributed by atoms with Crippen LogP contribution in [0.1, 0.15) is 51.9 Å². The van der Waals surface area contributed by atoms with Gasteiger partial charge in [-0.05, 0) is 19.3 Å². The van der Waals surface area contributed by atoms with Crippen molar-refractivity contribution in [1.29, 1.82) is 0 Å². The van der Waals surface area contributed by atoms with Crippen molar-refractivity contribution in [2.75, 3.05) is 6.54 Å². The lowest BCUT2D eigenvalue weighted by Crippen LogP contribution is -2.42. The molecule has 1 atom stereocenters. The maximum atomic E-state index is 5.92. The average Bonchev–Trinajstić information content (AvgIpc) is 2.99. The van der Waals surface area contributed by atoms with Gasteiger partial charge >= 0.3 is 0 Å². The molecule has 86 valence electrons. The number of guanidine groups is 1. The summed E-state index contributed by atoms with van der Waals surface area (Å²) in [6.07, 6.45) is 9.31. The molecule has 15 heavy (non-hydrogen) atoms. The average molecular weight is 209 g/mol. The van der Waals surface area contributed by atoms with Crippen LogP contribution in [0.3, 0.4) is 0 Å². The molecule has 2 rings (SSSR count). The van der Waals surface area contributed by atoms with Crippen molar-refractivity contribution in [3.8, 4) is 0 Å². The molecule has 2 aliphatic rings. The maximum absolute atomic E-state index is 5.92. The second kappa shape index (κ2) is 4.86. The van der Waals surface area contributed by atoms with Crippen LogP contribution in [0, 0.1) is 0 Å². The van der Waals surface area contributed by atoms with E-state index in [0.717, 1.165) is 18.5 Å². The van der Waals surface area contributed by atoms with Crippen LogP contribution in [-0.4, -0.2) is 29.5 Å². The molecule has 1 aliphatic heterocycles. The smallest absolute Gasteiger partial charge is 0.191 e. The van der Waals surface area contributed by atoms with Crippen LogP contribution in [0.15, 0.2) is 4.99 Å². The fourth-order valence-corrected chi connectivity index (χ4v) is 2.43. The highest BCUT2D eigenvalue weighted by Gasteiger charge is 2.37. The molecule has 3 nitrogen and oxygen atoms in total. The number of unbranched alkanes of at least 4 members (excludes halogenated alkanes) is 3. The molecular weight excluding hydrogens is 186 g/mol. The van der Waals surface area contributed by atoms with E-state index in [1.807, 2.05) is 0 Å². The van der Waals surface area contributed by atoms with Gasteiger partial charge in [0.05, 0.1) is 12.6 Å². The Hall–Kier alpha value is -0.730. The van der Waals surface area contributed by atoms with Crippen molar-refractivity contribution in [3.05, 3.63) is 0 Å². The lowest BCUT2D eigenvalue weighted by molar-refractivity contribution is 0.307. The van der Waals surface area contributed by atoms with Crippen LogP contribution < -0.4 is 5.73 Å². The Morgan fingerprint density at radius 1 is 1.33 bits per heavy atom. The van der Waals surface area contributed by atoms with Crippen molar-refractivity contribution < 1.29 is 0 Å². The number of nitrogens with zero attached hydrogens (tertiary/aromatic N) is 2. The van der Waals surface area contributed by atoms with Crippen molar-refractivity contribution >= 4 is 5.96 Å². The lowest BCUT2D eigenvalue weighted by Gasteiger charge is -2.26. The molecule has 2 N–H and O–H groups in total. The molecule has 0 aromatic carbocycles. The summed E-state index contributed by atoms with van der Waals surface area (Å²) in [4.78, 5) is 6.76. The van der Waals surface area contributed by atoms with Crippen molar-refractivity contribution in [2.45, 2.75) is 64.0 Å². The van der Waals surface area contributed by atoms with Gasteiger partial charge in [-0.15, -0.1) is 0 Å². The summed E-state index contributed by atoms with van der Waals surface area (Å²) in [6.45, 7) is 3.20. The third-order valence-electron chi connectivity index (χ3n) is 3.45. The monoisotopic (exact) mass is 209 g/mol. The van der Waals surface area contributed by atoms with Gasteiger partial charge in [-0.3, -0.25) is 4.99 Å². The standard InChI is InChI=1S/C12H23N3/c1-2-3-4-5-6-11-9-14-12(13)15(11)10-7-8-10/h10-11H,2-9H2,1H3,(H2,13,14). The Balaban J connectivity index is 1.73. The van der Waals surface area contributed by atoms with E-state index in [9.17, 15) is 0 Å². The third kappa shape index (κ3) is 2.64. The normalized spacial score (nSPS) is 25.8. The van der Waals surface area contributed by atoms with E-state index in [2.05, 4.69) is 16.8 Å². The zero-order chi connectivity index (χ0) is 10.7. The number of hydrogen-bond acceptors (Lipinski definition) is 3. The second-order valence-corrected chi connectivity index (χ2v) is 4.84. The summed E-state index contributed by atoms with van der Waals surface area (Å²) in [7, 11) is 0. The summed E-state index contributed by atoms with van der Waals surface area (Å²) in [5.74, 6) is 0.804. The van der Waals surface area contributed by atoms with Gasteiger partial charge < -0.3 is 10.6 Å². The van der Waals surface area contributed by atoms with Gasteiger partial charge in [0.1, 0.15) is 0 Å². The predicted molar refractivity (Wildman–Crippen MR) is 63.9 cm³/mol. The van der Waals surface area contributed by atoms with Gasteiger partial charge in [0.2, 0.25) is 0 Å². The van der Waals surface area contributed by atoms with Gasteiger partial charge in [0.15, 0.2) is 5.96 Å². The molecule has 1 saturated carbocycles. The fourth-order valence-electron chi connectivity index (χ4n) is 2.43. The molecular formula is C12H23N3. The van der Waals surface area contributed by atoms with E-state index >= 15 is 0 Å². The van der Waals surface area contributed by atoms with E-state index in [4.69, 9.17) is 5.73 Å². The molecule has 1 fully saturated rings. The lowest BCUT2D eigenvalue weighted by atomic mass is 10.1. The molecule has 3 heteroatoms. The molecule has 1 heterocycles. The summed E-state index contributed by atoms with van der Waals surface area (Å²) in [6, 6.07) is 1.35. The van der Waals surface area contributed by atoms with Gasteiger partial charge in [0.25, 0.3) is 0 Å². The molecule has 1 unspecified atom stereocenters. The Labute approximate surface area is 92.7 Å². The highest BCUT2D eigenvalue weighted by molar-refractivity contribution is 5.80. The molecule has 0 bridgehead atoms. The maximum Gasteiger partial charge on any atom is 0.191 e. The first kappa shape index (κ1) is 10.8. The molecule has 0 aromatic rings. The Morgan fingerprint density at radius 2 is 2.13 bits per heavy atom. The molecule has 0 aromatic heterocycles. The highest BCUT2D eigenvalue weighted by atomic mass is 15.4. The zero-order valence-corrected chi connectivity index (χ0v) is 9.78. The van der Waals surface area contributed by atoms with Crippen LogP contribution in [0.2, 0.25) is 0 Å². The number of hydrogen-bond donors (Lipinski definition) is 1. The molecule has 0 amide bonds. The molecule has 0 radical (unpaired) electrons. The van der Waals surface area contributed by atoms with Gasteiger partial charge in [-0.2, -0.15) is 0 Å². The SMILES string of the molecule is CCCCCCC1CN=C(N)N1C1CC1. The van der Waals surface area contributed by atoms with Gasteiger partial charge in [-0.1, -0.05) is 32.6 Å². The minimum atomic E-state index is 0.620. The van der Waals surface area contributed by atoms with Crippen LogP contribution in [0.5, 0.6) is 0 Å². The predicted octanol–water partition coefficient (Wildman–Crippen LogP) is 2.12. The number of aliphatic imine (C=N–C) groups is 1. The first-order valence-corrected chi connectivity index (χ1v) is 6.41. The van der Waals surface area contributed by atoms with Crippen molar-refractivity contribution in [1.82, 2.24) is 4.90 Å². The minimum absolute atomic E-state index is 0.620. The van der Waals surface area contributed by atoms with E-state index < -0.39 is 0 Å². The van der Waals surface area contributed by atoms with Crippen LogP contribution in [-0.2, 0) is 0 Å². The van der Waals surface area contributed by atoms with Crippen molar-refractivity contribution in [2.24, 2.45) is 10.7 Å². The van der Waals surface area contributed by atoms with E-state index in [-0.39, 0.29) is 0 Å². The number of nitrogens with two attached hydrogens (primary N) is 1. The Kier molecular flexibility index (Phi) is 3.49. The summed E-state index contributed by atoms with van der Waals surface area (Å²) >= 11 is 0. The van der Waals surface area contributed by atoms with Crippen LogP contribution in [0.4, 0.5) is 0 Å². The third-order valence-corrected chi connectivity index (χ3v) is 3.45. The molecule has 0 saturated heterocycles. The van der Waals surface area contributed by atoms with Crippen LogP contribution in [0.25, 0.3) is 0 Å². The van der Waals surface area contributed by atoms with E-state index in [1.54, 1.807) is 0 Å². The number of rotatable bonds is 6. The largest absolute Gasteiger partial charge is 0.370 e. The highest BCUT2D eigenvalue weighted by Crippen LogP contribution is 2.32. The van der Waals surface area contributed by atoms with Gasteiger partial charge in [-0.25, -0.2) is 0 Å². The second-order valence-electron chi connectivity index (χ2n) is 4.84. The summed E-state index contributed by atoms with van der Waals surface area (Å²) in [5, 5.41) is 0. The van der Waals surface area contributed by atoms with Crippen LogP contribution >= 0.6 is 0 Å². The first-order chi connectivity index (χ1) is 7.33. The Morgan fingerprint density at radius 3 is 2.80 bits per heavy atom. The summed E-state index contributed by atoms with van der Waals surface area (Å²) < 4.78 is 0.